The third-order valence-corrected chi connectivity index (χ3v) is 3.85. The highest BCUT2D eigenvalue weighted by molar-refractivity contribution is 5.82. The zero-order valence-electron chi connectivity index (χ0n) is 10.3. The van der Waals surface area contributed by atoms with E-state index in [1.165, 1.54) is 11.6 Å². The minimum atomic E-state index is -0.220. The topological polar surface area (TPSA) is 32.3 Å². The lowest BCUT2D eigenvalue weighted by Gasteiger charge is -2.30. The second-order valence-electron chi connectivity index (χ2n) is 5.07. The predicted molar refractivity (Wildman–Crippen MR) is 66.5 cm³/mol. The van der Waals surface area contributed by atoms with Crippen molar-refractivity contribution < 1.29 is 9.18 Å². The quantitative estimate of drug-likeness (QED) is 0.816. The molecule has 1 aromatic carbocycles. The molecule has 0 saturated carbocycles. The van der Waals surface area contributed by atoms with Crippen LogP contribution in [0.3, 0.4) is 0 Å². The third-order valence-electron chi connectivity index (χ3n) is 3.85. The van der Waals surface area contributed by atoms with Gasteiger partial charge in [0, 0.05) is 13.1 Å². The Bertz CT molecular complexity index is 469. The van der Waals surface area contributed by atoms with Crippen molar-refractivity contribution in [3.05, 3.63) is 35.1 Å². The van der Waals surface area contributed by atoms with Gasteiger partial charge < -0.3 is 10.2 Å². The molecule has 1 atom stereocenters. The highest BCUT2D eigenvalue weighted by Crippen LogP contribution is 2.21. The van der Waals surface area contributed by atoms with Gasteiger partial charge in [-0.25, -0.2) is 4.39 Å². The predicted octanol–water partition coefficient (Wildman–Crippen LogP) is 1.46. The van der Waals surface area contributed by atoms with E-state index >= 15 is 0 Å². The summed E-state index contributed by atoms with van der Waals surface area (Å²) in [6, 6.07) is 4.85. The molecule has 2 heterocycles. The van der Waals surface area contributed by atoms with Gasteiger partial charge in [0.15, 0.2) is 0 Å². The molecule has 3 rings (SSSR count). The fraction of sp³-hybridized carbons (Fsp3) is 0.500. The van der Waals surface area contributed by atoms with E-state index in [-0.39, 0.29) is 17.8 Å². The Morgan fingerprint density at radius 1 is 1.39 bits per heavy atom. The van der Waals surface area contributed by atoms with Crippen molar-refractivity contribution >= 4 is 5.91 Å². The molecule has 18 heavy (non-hydrogen) atoms. The zero-order chi connectivity index (χ0) is 12.5. The fourth-order valence-electron chi connectivity index (χ4n) is 2.83. The van der Waals surface area contributed by atoms with Gasteiger partial charge in [-0.05, 0) is 49.1 Å². The molecule has 4 heteroatoms. The second-order valence-corrected chi connectivity index (χ2v) is 5.07. The minimum absolute atomic E-state index is 0.0277. The number of carbonyl (C=O) groups is 1. The van der Waals surface area contributed by atoms with Crippen molar-refractivity contribution in [2.75, 3.05) is 13.1 Å². The summed E-state index contributed by atoms with van der Waals surface area (Å²) >= 11 is 0. The molecule has 0 aliphatic carbocycles. The molecule has 0 radical (unpaired) electrons. The van der Waals surface area contributed by atoms with E-state index in [1.807, 2.05) is 11.0 Å². The lowest BCUT2D eigenvalue weighted by Crippen LogP contribution is -2.45. The number of hydrogen-bond donors (Lipinski definition) is 1. The van der Waals surface area contributed by atoms with E-state index in [0.717, 1.165) is 37.9 Å². The van der Waals surface area contributed by atoms with Crippen LogP contribution in [0.4, 0.5) is 4.39 Å². The molecular weight excluding hydrogens is 231 g/mol. The van der Waals surface area contributed by atoms with Crippen molar-refractivity contribution in [3.8, 4) is 0 Å². The molecule has 0 aromatic heterocycles. The molecule has 2 aliphatic heterocycles. The monoisotopic (exact) mass is 248 g/mol. The number of amides is 1. The molecule has 0 bridgehead atoms. The van der Waals surface area contributed by atoms with Crippen LogP contribution >= 0.6 is 0 Å². The van der Waals surface area contributed by atoms with Crippen molar-refractivity contribution in [2.45, 2.75) is 31.8 Å². The lowest BCUT2D eigenvalue weighted by molar-refractivity contribution is -0.134. The van der Waals surface area contributed by atoms with E-state index in [4.69, 9.17) is 0 Å². The molecule has 1 saturated heterocycles. The van der Waals surface area contributed by atoms with Crippen molar-refractivity contribution in [1.29, 1.82) is 0 Å². The summed E-state index contributed by atoms with van der Waals surface area (Å²) in [5, 5.41) is 3.22. The molecule has 1 amide bonds. The van der Waals surface area contributed by atoms with Crippen LogP contribution in [0.2, 0.25) is 0 Å². The Hall–Kier alpha value is -1.42. The molecule has 1 fully saturated rings. The summed E-state index contributed by atoms with van der Waals surface area (Å²) in [6.45, 7) is 2.22. The number of carbonyl (C=O) groups excluding carboxylic acids is 1. The highest BCUT2D eigenvalue weighted by atomic mass is 19.1. The summed E-state index contributed by atoms with van der Waals surface area (Å²) in [5.41, 5.74) is 2.12. The first kappa shape index (κ1) is 11.7. The Balaban J connectivity index is 1.75. The van der Waals surface area contributed by atoms with Gasteiger partial charge in [-0.15, -0.1) is 0 Å². The maximum atomic E-state index is 13.2. The Morgan fingerprint density at radius 2 is 2.28 bits per heavy atom. The van der Waals surface area contributed by atoms with Gasteiger partial charge in [0.2, 0.25) is 5.91 Å². The van der Waals surface area contributed by atoms with E-state index < -0.39 is 0 Å². The van der Waals surface area contributed by atoms with E-state index in [0.29, 0.717) is 6.54 Å². The zero-order valence-corrected chi connectivity index (χ0v) is 10.3. The van der Waals surface area contributed by atoms with Crippen LogP contribution in [-0.2, 0) is 17.8 Å². The average Bonchev–Trinajstić information content (AvgIpc) is 2.90. The van der Waals surface area contributed by atoms with Gasteiger partial charge in [0.25, 0.3) is 0 Å². The average molecular weight is 248 g/mol. The minimum Gasteiger partial charge on any atom is -0.337 e. The molecular formula is C14H17FN2O. The number of nitrogens with zero attached hydrogens (tertiary/aromatic N) is 1. The van der Waals surface area contributed by atoms with Gasteiger partial charge in [-0.3, -0.25) is 4.79 Å². The summed E-state index contributed by atoms with van der Waals surface area (Å²) in [6.07, 6.45) is 2.81. The van der Waals surface area contributed by atoms with Crippen LogP contribution < -0.4 is 5.32 Å². The summed E-state index contributed by atoms with van der Waals surface area (Å²) < 4.78 is 13.2. The highest BCUT2D eigenvalue weighted by Gasteiger charge is 2.29. The maximum Gasteiger partial charge on any atom is 0.240 e. The molecule has 1 aromatic rings. The second kappa shape index (κ2) is 4.69. The summed E-state index contributed by atoms with van der Waals surface area (Å²) in [4.78, 5) is 14.1. The summed E-state index contributed by atoms with van der Waals surface area (Å²) in [7, 11) is 0. The van der Waals surface area contributed by atoms with Crippen LogP contribution in [0, 0.1) is 5.82 Å². The normalized spacial score (nSPS) is 22.9. The Morgan fingerprint density at radius 3 is 3.06 bits per heavy atom. The third kappa shape index (κ3) is 2.12. The number of benzene rings is 1. The fourth-order valence-corrected chi connectivity index (χ4v) is 2.83. The number of halogens is 1. The van der Waals surface area contributed by atoms with Crippen LogP contribution in [-0.4, -0.2) is 29.9 Å². The van der Waals surface area contributed by atoms with Crippen LogP contribution in [0.5, 0.6) is 0 Å². The van der Waals surface area contributed by atoms with Crippen LogP contribution in [0.15, 0.2) is 18.2 Å². The molecule has 1 N–H and O–H groups in total. The molecule has 0 spiro atoms. The van der Waals surface area contributed by atoms with Gasteiger partial charge >= 0.3 is 0 Å². The van der Waals surface area contributed by atoms with Crippen LogP contribution in [0.25, 0.3) is 0 Å². The first-order chi connectivity index (χ1) is 8.74. The molecule has 1 unspecified atom stereocenters. The number of fused-ring (bicyclic) bond motifs is 1. The largest absolute Gasteiger partial charge is 0.337 e. The lowest BCUT2D eigenvalue weighted by atomic mass is 9.99. The molecule has 2 aliphatic rings. The van der Waals surface area contributed by atoms with E-state index in [1.54, 1.807) is 6.07 Å². The van der Waals surface area contributed by atoms with Crippen molar-refractivity contribution in [2.24, 2.45) is 0 Å². The van der Waals surface area contributed by atoms with Gasteiger partial charge in [0.05, 0.1) is 6.04 Å². The van der Waals surface area contributed by atoms with Gasteiger partial charge in [0.1, 0.15) is 5.82 Å². The Labute approximate surface area is 106 Å². The van der Waals surface area contributed by atoms with E-state index in [9.17, 15) is 9.18 Å². The first-order valence-electron chi connectivity index (χ1n) is 6.53. The number of rotatable bonds is 1. The van der Waals surface area contributed by atoms with Crippen molar-refractivity contribution in [3.63, 3.8) is 0 Å². The molecule has 96 valence electrons. The molecule has 3 nitrogen and oxygen atoms in total. The van der Waals surface area contributed by atoms with Crippen molar-refractivity contribution in [1.82, 2.24) is 10.2 Å². The first-order valence-corrected chi connectivity index (χ1v) is 6.53. The maximum absolute atomic E-state index is 13.2. The SMILES string of the molecule is O=C(C1CCCN1)N1CCc2ccc(F)cc2C1. The number of hydrogen-bond acceptors (Lipinski definition) is 2. The summed E-state index contributed by atoms with van der Waals surface area (Å²) in [5.74, 6) is -0.0514. The standard InChI is InChI=1S/C14H17FN2O/c15-12-4-3-10-5-7-17(9-11(10)8-12)14(18)13-2-1-6-16-13/h3-4,8,13,16H,1-2,5-7,9H2. The smallest absolute Gasteiger partial charge is 0.240 e. The van der Waals surface area contributed by atoms with Gasteiger partial charge in [-0.2, -0.15) is 0 Å². The van der Waals surface area contributed by atoms with Crippen LogP contribution in [0.1, 0.15) is 24.0 Å². The number of nitrogens with one attached hydrogen (secondary N) is 1. The Kier molecular flexibility index (Phi) is 3.04. The van der Waals surface area contributed by atoms with E-state index in [2.05, 4.69) is 5.32 Å². The van der Waals surface area contributed by atoms with Gasteiger partial charge in [-0.1, -0.05) is 6.07 Å².